The summed E-state index contributed by atoms with van der Waals surface area (Å²) < 4.78 is 0. The van der Waals surface area contributed by atoms with Crippen molar-refractivity contribution in [2.24, 2.45) is 16.5 Å². The number of nitrogens with one attached hydrogen (secondary N) is 2. The summed E-state index contributed by atoms with van der Waals surface area (Å²) >= 11 is 12.0. The second-order valence-corrected chi connectivity index (χ2v) is 8.65. The Morgan fingerprint density at radius 2 is 1.69 bits per heavy atom. The molecule has 2 unspecified atom stereocenters. The molecule has 0 heterocycles. The maximum absolute atomic E-state index is 12.6. The SMILES string of the molecule is CC(C)(C)NC(=NC(N)CC(N)c1cccc(Cl)c1)NC(=O)c1cccc(Cl)c1. The fraction of sp³-hybridized carbons (Fsp3) is 0.333. The number of carbonyl (C=O) groups excluding carboxylic acids is 1. The number of hydrogen-bond acceptors (Lipinski definition) is 4. The molecule has 0 aliphatic heterocycles. The Balaban J connectivity index is 2.15. The van der Waals surface area contributed by atoms with Crippen LogP contribution < -0.4 is 22.1 Å². The molecule has 29 heavy (non-hydrogen) atoms. The van der Waals surface area contributed by atoms with E-state index >= 15 is 0 Å². The van der Waals surface area contributed by atoms with Gasteiger partial charge in [0.05, 0.1) is 0 Å². The molecule has 0 aliphatic rings. The van der Waals surface area contributed by atoms with Crippen LogP contribution in [0, 0.1) is 0 Å². The lowest BCUT2D eigenvalue weighted by Crippen LogP contribution is -2.50. The van der Waals surface area contributed by atoms with Crippen LogP contribution in [-0.2, 0) is 0 Å². The molecule has 0 fully saturated rings. The summed E-state index contributed by atoms with van der Waals surface area (Å²) in [5.74, 6) is -0.0670. The number of nitrogens with zero attached hydrogens (tertiary/aromatic N) is 1. The second-order valence-electron chi connectivity index (χ2n) is 7.78. The minimum Gasteiger partial charge on any atom is -0.351 e. The van der Waals surface area contributed by atoms with Gasteiger partial charge in [0.1, 0.15) is 6.17 Å². The summed E-state index contributed by atoms with van der Waals surface area (Å²) in [4.78, 5) is 17.0. The number of guanidine groups is 1. The molecule has 0 spiro atoms. The van der Waals surface area contributed by atoms with Crippen LogP contribution in [0.5, 0.6) is 0 Å². The highest BCUT2D eigenvalue weighted by atomic mass is 35.5. The third-order valence-corrected chi connectivity index (χ3v) is 4.35. The first kappa shape index (κ1) is 23.2. The number of rotatable bonds is 5. The average Bonchev–Trinajstić information content (AvgIpc) is 2.60. The lowest BCUT2D eigenvalue weighted by Gasteiger charge is -2.25. The van der Waals surface area contributed by atoms with Gasteiger partial charge in [0.15, 0.2) is 5.96 Å². The van der Waals surface area contributed by atoms with E-state index in [1.54, 1.807) is 36.4 Å². The summed E-state index contributed by atoms with van der Waals surface area (Å²) in [5.41, 5.74) is 13.4. The Morgan fingerprint density at radius 3 is 2.28 bits per heavy atom. The van der Waals surface area contributed by atoms with E-state index in [0.29, 0.717) is 22.0 Å². The molecule has 8 heteroatoms. The average molecular weight is 436 g/mol. The zero-order valence-corrected chi connectivity index (χ0v) is 18.3. The van der Waals surface area contributed by atoms with E-state index in [1.165, 1.54) is 0 Å². The highest BCUT2D eigenvalue weighted by Crippen LogP contribution is 2.19. The van der Waals surface area contributed by atoms with Gasteiger partial charge < -0.3 is 16.8 Å². The fourth-order valence-corrected chi connectivity index (χ4v) is 3.00. The molecule has 156 valence electrons. The van der Waals surface area contributed by atoms with E-state index in [1.807, 2.05) is 32.9 Å². The number of aliphatic imine (C=N–C) groups is 1. The van der Waals surface area contributed by atoms with Crippen molar-refractivity contribution in [3.8, 4) is 0 Å². The fourth-order valence-electron chi connectivity index (χ4n) is 2.61. The number of benzene rings is 2. The normalized spacial score (nSPS) is 14.2. The molecule has 1 amide bonds. The molecule has 2 aromatic carbocycles. The highest BCUT2D eigenvalue weighted by molar-refractivity contribution is 6.31. The predicted molar refractivity (Wildman–Crippen MR) is 120 cm³/mol. The first-order valence-electron chi connectivity index (χ1n) is 9.23. The Hall–Kier alpha value is -2.12. The van der Waals surface area contributed by atoms with Crippen LogP contribution in [0.1, 0.15) is 49.2 Å². The van der Waals surface area contributed by atoms with Crippen LogP contribution in [0.25, 0.3) is 0 Å². The van der Waals surface area contributed by atoms with Crippen LogP contribution >= 0.6 is 23.2 Å². The number of halogens is 2. The predicted octanol–water partition coefficient (Wildman–Crippen LogP) is 3.84. The quantitative estimate of drug-likeness (QED) is 0.422. The molecule has 0 aliphatic carbocycles. The van der Waals surface area contributed by atoms with Crippen LogP contribution in [0.4, 0.5) is 0 Å². The molecule has 0 aromatic heterocycles. The molecule has 0 bridgehead atoms. The van der Waals surface area contributed by atoms with Gasteiger partial charge in [-0.2, -0.15) is 0 Å². The van der Waals surface area contributed by atoms with Gasteiger partial charge in [0.25, 0.3) is 5.91 Å². The van der Waals surface area contributed by atoms with Crippen molar-refractivity contribution < 1.29 is 4.79 Å². The van der Waals surface area contributed by atoms with E-state index in [4.69, 9.17) is 34.7 Å². The molecule has 0 saturated heterocycles. The minimum absolute atomic E-state index is 0.272. The third-order valence-electron chi connectivity index (χ3n) is 3.88. The first-order valence-corrected chi connectivity index (χ1v) is 9.98. The van der Waals surface area contributed by atoms with Gasteiger partial charge in [-0.05, 0) is 56.7 Å². The second kappa shape index (κ2) is 10.1. The third kappa shape index (κ3) is 8.03. The van der Waals surface area contributed by atoms with Crippen LogP contribution in [0.15, 0.2) is 53.5 Å². The van der Waals surface area contributed by atoms with Crippen molar-refractivity contribution in [1.82, 2.24) is 10.6 Å². The van der Waals surface area contributed by atoms with E-state index in [-0.39, 0.29) is 23.4 Å². The number of nitrogens with two attached hydrogens (primary N) is 2. The molecular weight excluding hydrogens is 409 g/mol. The Labute approximate surface area is 181 Å². The molecule has 0 saturated carbocycles. The monoisotopic (exact) mass is 435 g/mol. The van der Waals surface area contributed by atoms with Gasteiger partial charge in [0, 0.05) is 33.6 Å². The lowest BCUT2D eigenvalue weighted by atomic mass is 10.0. The molecule has 6 nitrogen and oxygen atoms in total. The van der Waals surface area contributed by atoms with Gasteiger partial charge in [-0.1, -0.05) is 41.4 Å². The summed E-state index contributed by atoms with van der Waals surface area (Å²) in [6, 6.07) is 13.6. The Kier molecular flexibility index (Phi) is 8.05. The van der Waals surface area contributed by atoms with Crippen molar-refractivity contribution in [3.63, 3.8) is 0 Å². The van der Waals surface area contributed by atoms with Gasteiger partial charge in [0.2, 0.25) is 0 Å². The van der Waals surface area contributed by atoms with E-state index in [9.17, 15) is 4.79 Å². The lowest BCUT2D eigenvalue weighted by molar-refractivity contribution is 0.0975. The van der Waals surface area contributed by atoms with E-state index in [0.717, 1.165) is 5.56 Å². The van der Waals surface area contributed by atoms with E-state index in [2.05, 4.69) is 15.6 Å². The van der Waals surface area contributed by atoms with Crippen LogP contribution in [0.2, 0.25) is 10.0 Å². The molecule has 2 rings (SSSR count). The number of hydrogen-bond donors (Lipinski definition) is 4. The van der Waals surface area contributed by atoms with Crippen LogP contribution in [0.3, 0.4) is 0 Å². The minimum atomic E-state index is -0.631. The van der Waals surface area contributed by atoms with Crippen molar-refractivity contribution in [1.29, 1.82) is 0 Å². The molecule has 2 atom stereocenters. The van der Waals surface area contributed by atoms with Crippen molar-refractivity contribution in [2.75, 3.05) is 0 Å². The van der Waals surface area contributed by atoms with Crippen molar-refractivity contribution >= 4 is 35.1 Å². The maximum Gasteiger partial charge on any atom is 0.257 e. The smallest absolute Gasteiger partial charge is 0.257 e. The highest BCUT2D eigenvalue weighted by Gasteiger charge is 2.18. The number of carbonyl (C=O) groups is 1. The van der Waals surface area contributed by atoms with Gasteiger partial charge in [-0.3, -0.25) is 10.1 Å². The molecule has 6 N–H and O–H groups in total. The zero-order chi connectivity index (χ0) is 21.6. The Morgan fingerprint density at radius 1 is 1.07 bits per heavy atom. The van der Waals surface area contributed by atoms with Crippen molar-refractivity contribution in [3.05, 3.63) is 69.7 Å². The van der Waals surface area contributed by atoms with Gasteiger partial charge in [-0.15, -0.1) is 0 Å². The van der Waals surface area contributed by atoms with Gasteiger partial charge >= 0.3 is 0 Å². The zero-order valence-electron chi connectivity index (χ0n) is 16.7. The largest absolute Gasteiger partial charge is 0.351 e. The van der Waals surface area contributed by atoms with E-state index < -0.39 is 6.17 Å². The summed E-state index contributed by atoms with van der Waals surface area (Å²) in [6.07, 6.45) is -0.253. The van der Waals surface area contributed by atoms with Crippen molar-refractivity contribution in [2.45, 2.75) is 44.9 Å². The maximum atomic E-state index is 12.6. The van der Waals surface area contributed by atoms with Gasteiger partial charge in [-0.25, -0.2) is 4.99 Å². The molecular formula is C21H27Cl2N5O. The summed E-state index contributed by atoms with van der Waals surface area (Å²) in [5, 5.41) is 7.02. The standard InChI is InChI=1S/C21H27Cl2N5O/c1-21(2,3)28-20(27-19(29)14-7-5-9-16(23)11-14)26-18(25)12-17(24)13-6-4-8-15(22)10-13/h4-11,17-18H,12,24-25H2,1-3H3,(H2,26,27,28,29). The summed E-state index contributed by atoms with van der Waals surface area (Å²) in [6.45, 7) is 5.87. The topological polar surface area (TPSA) is 106 Å². The first-order chi connectivity index (χ1) is 13.5. The molecule has 0 radical (unpaired) electrons. The van der Waals surface area contributed by atoms with Crippen LogP contribution in [-0.4, -0.2) is 23.6 Å². The Bertz CT molecular complexity index is 879. The summed E-state index contributed by atoms with van der Waals surface area (Å²) in [7, 11) is 0. The number of amides is 1. The molecule has 2 aromatic rings.